The molecule has 0 atom stereocenters. The summed E-state index contributed by atoms with van der Waals surface area (Å²) in [5, 5.41) is 18.8. The molecule has 0 unspecified atom stereocenters. The van der Waals surface area contributed by atoms with Crippen LogP contribution in [0.15, 0.2) is 18.3 Å². The lowest BCUT2D eigenvalue weighted by molar-refractivity contribution is -0.136. The van der Waals surface area contributed by atoms with E-state index < -0.39 is 5.97 Å². The number of nitrogens with one attached hydrogen (secondary N) is 1. The first-order valence-electron chi connectivity index (χ1n) is 4.29. The van der Waals surface area contributed by atoms with Crippen LogP contribution in [0.5, 0.6) is 5.75 Å². The molecule has 0 spiro atoms. The van der Waals surface area contributed by atoms with Gasteiger partial charge in [0, 0.05) is 17.1 Å². The summed E-state index contributed by atoms with van der Waals surface area (Å²) in [7, 11) is 0. The van der Waals surface area contributed by atoms with Crippen molar-refractivity contribution in [2.24, 2.45) is 0 Å². The molecule has 0 aliphatic rings. The van der Waals surface area contributed by atoms with E-state index in [9.17, 15) is 9.90 Å². The number of aromatic hydroxyl groups is 1. The van der Waals surface area contributed by atoms with Gasteiger partial charge in [-0.2, -0.15) is 0 Å². The van der Waals surface area contributed by atoms with Crippen molar-refractivity contribution in [2.75, 3.05) is 0 Å². The molecule has 3 N–H and O–H groups in total. The predicted molar refractivity (Wildman–Crippen MR) is 56.3 cm³/mol. The van der Waals surface area contributed by atoms with Crippen LogP contribution in [-0.4, -0.2) is 21.2 Å². The van der Waals surface area contributed by atoms with Crippen molar-refractivity contribution in [1.29, 1.82) is 0 Å². The SMILES string of the molecule is O=C(O)Cc1c[nH]c2ccc(O)c(Cl)c12. The van der Waals surface area contributed by atoms with Crippen molar-refractivity contribution in [3.63, 3.8) is 0 Å². The van der Waals surface area contributed by atoms with E-state index in [1.165, 1.54) is 6.07 Å². The van der Waals surface area contributed by atoms with E-state index in [-0.39, 0.29) is 17.2 Å². The molecule has 4 nitrogen and oxygen atoms in total. The van der Waals surface area contributed by atoms with E-state index in [2.05, 4.69) is 4.98 Å². The Labute approximate surface area is 90.1 Å². The van der Waals surface area contributed by atoms with E-state index in [1.54, 1.807) is 12.3 Å². The van der Waals surface area contributed by atoms with Crippen LogP contribution in [-0.2, 0) is 11.2 Å². The minimum Gasteiger partial charge on any atom is -0.506 e. The highest BCUT2D eigenvalue weighted by Gasteiger charge is 2.12. The lowest BCUT2D eigenvalue weighted by Gasteiger charge is -2.00. The zero-order valence-corrected chi connectivity index (χ0v) is 8.38. The van der Waals surface area contributed by atoms with E-state index in [4.69, 9.17) is 16.7 Å². The molecule has 2 aromatic rings. The van der Waals surface area contributed by atoms with Gasteiger partial charge in [0.15, 0.2) is 0 Å². The van der Waals surface area contributed by atoms with E-state index in [0.29, 0.717) is 16.5 Å². The zero-order valence-electron chi connectivity index (χ0n) is 7.62. The van der Waals surface area contributed by atoms with Gasteiger partial charge in [-0.1, -0.05) is 11.6 Å². The van der Waals surface area contributed by atoms with Gasteiger partial charge in [-0.05, 0) is 17.7 Å². The molecular formula is C10H8ClNO3. The largest absolute Gasteiger partial charge is 0.506 e. The van der Waals surface area contributed by atoms with Gasteiger partial charge in [0.25, 0.3) is 0 Å². The Morgan fingerprint density at radius 1 is 1.47 bits per heavy atom. The van der Waals surface area contributed by atoms with Crippen molar-refractivity contribution in [1.82, 2.24) is 4.98 Å². The minimum atomic E-state index is -0.935. The summed E-state index contributed by atoms with van der Waals surface area (Å²) in [4.78, 5) is 13.5. The highest BCUT2D eigenvalue weighted by atomic mass is 35.5. The van der Waals surface area contributed by atoms with Crippen molar-refractivity contribution in [2.45, 2.75) is 6.42 Å². The van der Waals surface area contributed by atoms with Crippen molar-refractivity contribution < 1.29 is 15.0 Å². The first-order chi connectivity index (χ1) is 7.09. The normalized spacial score (nSPS) is 10.7. The van der Waals surface area contributed by atoms with Gasteiger partial charge in [-0.15, -0.1) is 0 Å². The first kappa shape index (κ1) is 9.86. The summed E-state index contributed by atoms with van der Waals surface area (Å²) in [6.07, 6.45) is 1.47. The number of aromatic amines is 1. The number of aromatic nitrogens is 1. The molecule has 0 aliphatic carbocycles. The Morgan fingerprint density at radius 3 is 2.87 bits per heavy atom. The molecule has 0 aliphatic heterocycles. The summed E-state index contributed by atoms with van der Waals surface area (Å²) in [5.41, 5.74) is 1.28. The summed E-state index contributed by atoms with van der Waals surface area (Å²) < 4.78 is 0. The Hall–Kier alpha value is -1.68. The average Bonchev–Trinajstić information content (AvgIpc) is 2.55. The standard InChI is InChI=1S/C10H8ClNO3/c11-10-7(13)2-1-6-9(10)5(4-12-6)3-8(14)15/h1-2,4,12-13H,3H2,(H,14,15). The first-order valence-corrected chi connectivity index (χ1v) is 4.66. The van der Waals surface area contributed by atoms with Gasteiger partial charge in [0.05, 0.1) is 11.4 Å². The van der Waals surface area contributed by atoms with Gasteiger partial charge in [-0.25, -0.2) is 0 Å². The Bertz CT molecular complexity index is 533. The van der Waals surface area contributed by atoms with Gasteiger partial charge < -0.3 is 15.2 Å². The topological polar surface area (TPSA) is 73.3 Å². The Kier molecular flexibility index (Phi) is 2.28. The molecular weight excluding hydrogens is 218 g/mol. The van der Waals surface area contributed by atoms with Crippen LogP contribution < -0.4 is 0 Å². The van der Waals surface area contributed by atoms with Crippen LogP contribution in [0.25, 0.3) is 10.9 Å². The van der Waals surface area contributed by atoms with Crippen LogP contribution in [0, 0.1) is 0 Å². The fourth-order valence-corrected chi connectivity index (χ4v) is 1.82. The second-order valence-corrected chi connectivity index (χ2v) is 3.58. The van der Waals surface area contributed by atoms with Gasteiger partial charge in [0.1, 0.15) is 5.75 Å². The molecule has 0 radical (unpaired) electrons. The summed E-state index contributed by atoms with van der Waals surface area (Å²) in [6, 6.07) is 3.12. The highest BCUT2D eigenvalue weighted by molar-refractivity contribution is 6.37. The lowest BCUT2D eigenvalue weighted by Crippen LogP contribution is -1.98. The second kappa shape index (κ2) is 3.47. The van der Waals surface area contributed by atoms with E-state index in [0.717, 1.165) is 0 Å². The van der Waals surface area contributed by atoms with Crippen LogP contribution in [0.3, 0.4) is 0 Å². The molecule has 0 saturated carbocycles. The number of carbonyl (C=O) groups is 1. The third kappa shape index (κ3) is 1.64. The molecule has 2 rings (SSSR count). The summed E-state index contributed by atoms with van der Waals surface area (Å²) in [6.45, 7) is 0. The fraction of sp³-hybridized carbons (Fsp3) is 0.100. The van der Waals surface area contributed by atoms with Gasteiger partial charge >= 0.3 is 5.97 Å². The van der Waals surface area contributed by atoms with Gasteiger partial charge in [-0.3, -0.25) is 4.79 Å². The molecule has 0 saturated heterocycles. The molecule has 1 aromatic heterocycles. The number of carboxylic acid groups (broad SMARTS) is 1. The Morgan fingerprint density at radius 2 is 2.20 bits per heavy atom. The number of fused-ring (bicyclic) bond motifs is 1. The number of carboxylic acids is 1. The van der Waals surface area contributed by atoms with Crippen LogP contribution in [0.1, 0.15) is 5.56 Å². The van der Waals surface area contributed by atoms with Gasteiger partial charge in [0.2, 0.25) is 0 Å². The second-order valence-electron chi connectivity index (χ2n) is 3.21. The number of phenolic OH excluding ortho intramolecular Hbond substituents is 1. The van der Waals surface area contributed by atoms with Crippen molar-refractivity contribution in [3.8, 4) is 5.75 Å². The smallest absolute Gasteiger partial charge is 0.307 e. The number of aliphatic carboxylic acids is 1. The van der Waals surface area contributed by atoms with Crippen LogP contribution in [0.2, 0.25) is 5.02 Å². The summed E-state index contributed by atoms with van der Waals surface area (Å²) >= 11 is 5.89. The molecule has 0 bridgehead atoms. The third-order valence-corrected chi connectivity index (χ3v) is 2.57. The maximum atomic E-state index is 10.6. The fourth-order valence-electron chi connectivity index (χ4n) is 1.54. The highest BCUT2D eigenvalue weighted by Crippen LogP contribution is 2.33. The number of benzene rings is 1. The predicted octanol–water partition coefficient (Wildman–Crippen LogP) is 2.15. The number of halogens is 1. The average molecular weight is 226 g/mol. The molecule has 15 heavy (non-hydrogen) atoms. The van der Waals surface area contributed by atoms with Crippen LogP contribution in [0.4, 0.5) is 0 Å². The summed E-state index contributed by atoms with van der Waals surface area (Å²) in [5.74, 6) is -0.981. The number of phenols is 1. The third-order valence-electron chi connectivity index (χ3n) is 2.19. The number of rotatable bonds is 2. The maximum absolute atomic E-state index is 10.6. The van der Waals surface area contributed by atoms with Crippen molar-refractivity contribution in [3.05, 3.63) is 28.9 Å². The molecule has 5 heteroatoms. The minimum absolute atomic E-state index is 0.0459. The van der Waals surface area contributed by atoms with E-state index in [1.807, 2.05) is 0 Å². The maximum Gasteiger partial charge on any atom is 0.307 e. The molecule has 1 heterocycles. The number of H-pyrrole nitrogens is 1. The molecule has 0 fully saturated rings. The van der Waals surface area contributed by atoms with E-state index >= 15 is 0 Å². The number of hydrogen-bond acceptors (Lipinski definition) is 2. The zero-order chi connectivity index (χ0) is 11.0. The molecule has 1 aromatic carbocycles. The molecule has 78 valence electrons. The Balaban J connectivity index is 2.66. The quantitative estimate of drug-likeness (QED) is 0.733. The lowest BCUT2D eigenvalue weighted by atomic mass is 10.1. The monoisotopic (exact) mass is 225 g/mol. The van der Waals surface area contributed by atoms with Crippen LogP contribution >= 0.6 is 11.6 Å². The van der Waals surface area contributed by atoms with Crippen molar-refractivity contribution >= 4 is 28.5 Å². The number of hydrogen-bond donors (Lipinski definition) is 3. The molecule has 0 amide bonds.